The SMILES string of the molecule is Cc1ccc(C(O)CNc2cc(-c3ccc(OC(F)(F)F)cc3)ncn2)cc1. The Balaban J connectivity index is 1.66. The minimum atomic E-state index is -4.73. The third-order valence-electron chi connectivity index (χ3n) is 3.99. The number of rotatable bonds is 6. The number of aliphatic hydroxyl groups is 1. The summed E-state index contributed by atoms with van der Waals surface area (Å²) in [6.45, 7) is 2.22. The lowest BCUT2D eigenvalue weighted by Gasteiger charge is -2.13. The monoisotopic (exact) mass is 389 g/mol. The van der Waals surface area contributed by atoms with Gasteiger partial charge in [0.1, 0.15) is 17.9 Å². The minimum Gasteiger partial charge on any atom is -0.406 e. The molecule has 5 nitrogen and oxygen atoms in total. The summed E-state index contributed by atoms with van der Waals surface area (Å²) in [7, 11) is 0. The van der Waals surface area contributed by atoms with Crippen molar-refractivity contribution in [3.05, 3.63) is 72.1 Å². The number of alkyl halides is 3. The van der Waals surface area contributed by atoms with Crippen LogP contribution >= 0.6 is 0 Å². The van der Waals surface area contributed by atoms with Crippen LogP contribution < -0.4 is 10.1 Å². The van der Waals surface area contributed by atoms with Gasteiger partial charge in [0.15, 0.2) is 0 Å². The Bertz CT molecular complexity index is 913. The van der Waals surface area contributed by atoms with Gasteiger partial charge in [-0.3, -0.25) is 0 Å². The number of nitrogens with zero attached hydrogens (tertiary/aromatic N) is 2. The predicted molar refractivity (Wildman–Crippen MR) is 98.8 cm³/mol. The molecule has 0 bridgehead atoms. The van der Waals surface area contributed by atoms with Crippen LogP contribution in [0.2, 0.25) is 0 Å². The van der Waals surface area contributed by atoms with E-state index in [0.29, 0.717) is 17.1 Å². The summed E-state index contributed by atoms with van der Waals surface area (Å²) in [6.07, 6.45) is -4.10. The van der Waals surface area contributed by atoms with Gasteiger partial charge in [0, 0.05) is 18.2 Å². The lowest BCUT2D eigenvalue weighted by Crippen LogP contribution is -2.16. The van der Waals surface area contributed by atoms with Crippen molar-refractivity contribution in [2.75, 3.05) is 11.9 Å². The topological polar surface area (TPSA) is 67.3 Å². The molecule has 2 N–H and O–H groups in total. The molecule has 0 fully saturated rings. The van der Waals surface area contributed by atoms with Crippen LogP contribution in [0.3, 0.4) is 0 Å². The quantitative estimate of drug-likeness (QED) is 0.650. The van der Waals surface area contributed by atoms with Crippen LogP contribution in [0, 0.1) is 6.92 Å². The number of nitrogens with one attached hydrogen (secondary N) is 1. The fraction of sp³-hybridized carbons (Fsp3) is 0.200. The van der Waals surface area contributed by atoms with E-state index in [0.717, 1.165) is 11.1 Å². The van der Waals surface area contributed by atoms with E-state index >= 15 is 0 Å². The van der Waals surface area contributed by atoms with Gasteiger partial charge in [-0.25, -0.2) is 9.97 Å². The summed E-state index contributed by atoms with van der Waals surface area (Å²) < 4.78 is 40.6. The summed E-state index contributed by atoms with van der Waals surface area (Å²) in [5.41, 5.74) is 3.03. The molecule has 0 aliphatic heterocycles. The molecule has 2 aromatic carbocycles. The van der Waals surface area contributed by atoms with Gasteiger partial charge in [-0.15, -0.1) is 13.2 Å². The van der Waals surface area contributed by atoms with Gasteiger partial charge >= 0.3 is 6.36 Å². The van der Waals surface area contributed by atoms with Crippen LogP contribution in [-0.4, -0.2) is 28.0 Å². The molecule has 0 amide bonds. The standard InChI is InChI=1S/C20H18F3N3O2/c1-13-2-4-15(5-3-13)18(27)11-24-19-10-17(25-12-26-19)14-6-8-16(9-7-14)28-20(21,22)23/h2-10,12,18,27H,11H2,1H3,(H,24,25,26). The van der Waals surface area contributed by atoms with Crippen molar-refractivity contribution in [2.24, 2.45) is 0 Å². The number of benzene rings is 2. The number of aryl methyl sites for hydroxylation is 1. The number of aromatic nitrogens is 2. The van der Waals surface area contributed by atoms with Crippen molar-refractivity contribution in [1.29, 1.82) is 0 Å². The van der Waals surface area contributed by atoms with E-state index in [1.54, 1.807) is 6.07 Å². The van der Waals surface area contributed by atoms with Gasteiger partial charge in [-0.2, -0.15) is 0 Å². The lowest BCUT2D eigenvalue weighted by atomic mass is 10.1. The van der Waals surface area contributed by atoms with Gasteiger partial charge in [0.2, 0.25) is 0 Å². The molecule has 1 heterocycles. The molecule has 1 atom stereocenters. The second-order valence-electron chi connectivity index (χ2n) is 6.17. The van der Waals surface area contributed by atoms with Crippen molar-refractivity contribution in [2.45, 2.75) is 19.4 Å². The van der Waals surface area contributed by atoms with Crippen LogP contribution in [0.15, 0.2) is 60.9 Å². The first-order chi connectivity index (χ1) is 13.3. The second kappa shape index (κ2) is 8.26. The van der Waals surface area contributed by atoms with Crippen molar-refractivity contribution in [3.8, 4) is 17.0 Å². The minimum absolute atomic E-state index is 0.248. The maximum atomic E-state index is 12.2. The number of halogens is 3. The Morgan fingerprint density at radius 2 is 1.71 bits per heavy atom. The summed E-state index contributed by atoms with van der Waals surface area (Å²) >= 11 is 0. The maximum Gasteiger partial charge on any atom is 0.573 e. The molecule has 0 saturated carbocycles. The largest absolute Gasteiger partial charge is 0.573 e. The highest BCUT2D eigenvalue weighted by Crippen LogP contribution is 2.26. The van der Waals surface area contributed by atoms with Gasteiger partial charge in [0.05, 0.1) is 11.8 Å². The summed E-state index contributed by atoms with van der Waals surface area (Å²) in [5, 5.41) is 13.3. The Labute approximate surface area is 159 Å². The maximum absolute atomic E-state index is 12.2. The highest BCUT2D eigenvalue weighted by atomic mass is 19.4. The van der Waals surface area contributed by atoms with Crippen LogP contribution in [-0.2, 0) is 0 Å². The van der Waals surface area contributed by atoms with Crippen LogP contribution in [0.1, 0.15) is 17.2 Å². The molecule has 1 unspecified atom stereocenters. The Morgan fingerprint density at radius 1 is 1.04 bits per heavy atom. The molecular formula is C20H18F3N3O2. The summed E-state index contributed by atoms with van der Waals surface area (Å²) in [5.74, 6) is 0.191. The molecule has 8 heteroatoms. The van der Waals surface area contributed by atoms with Crippen LogP contribution in [0.25, 0.3) is 11.3 Å². The molecule has 1 aromatic heterocycles. The molecule has 0 aliphatic rings. The van der Waals surface area contributed by atoms with Gasteiger partial charge < -0.3 is 15.2 Å². The van der Waals surface area contributed by atoms with Crippen LogP contribution in [0.5, 0.6) is 5.75 Å². The van der Waals surface area contributed by atoms with Crippen molar-refractivity contribution < 1.29 is 23.0 Å². The van der Waals surface area contributed by atoms with Gasteiger partial charge in [0.25, 0.3) is 0 Å². The van der Waals surface area contributed by atoms with E-state index in [1.807, 2.05) is 31.2 Å². The number of hydrogen-bond donors (Lipinski definition) is 2. The molecular weight excluding hydrogens is 371 g/mol. The zero-order chi connectivity index (χ0) is 20.1. The van der Waals surface area contributed by atoms with Crippen molar-refractivity contribution in [1.82, 2.24) is 9.97 Å². The van der Waals surface area contributed by atoms with Crippen molar-refractivity contribution in [3.63, 3.8) is 0 Å². The molecule has 0 radical (unpaired) electrons. The summed E-state index contributed by atoms with van der Waals surface area (Å²) in [6, 6.07) is 14.6. The summed E-state index contributed by atoms with van der Waals surface area (Å²) in [4.78, 5) is 8.24. The highest BCUT2D eigenvalue weighted by molar-refractivity contribution is 5.62. The van der Waals surface area contributed by atoms with E-state index in [9.17, 15) is 18.3 Å². The average Bonchev–Trinajstić information content (AvgIpc) is 2.66. The zero-order valence-corrected chi connectivity index (χ0v) is 14.9. The Kier molecular flexibility index (Phi) is 5.79. The van der Waals surface area contributed by atoms with E-state index in [-0.39, 0.29) is 12.3 Å². The molecule has 3 aromatic rings. The van der Waals surface area contributed by atoms with Crippen LogP contribution in [0.4, 0.5) is 19.0 Å². The van der Waals surface area contributed by atoms with Gasteiger partial charge in [-0.1, -0.05) is 29.8 Å². The first-order valence-electron chi connectivity index (χ1n) is 8.47. The van der Waals surface area contributed by atoms with Crippen molar-refractivity contribution >= 4 is 5.82 Å². The fourth-order valence-corrected chi connectivity index (χ4v) is 2.55. The third-order valence-corrected chi connectivity index (χ3v) is 3.99. The molecule has 0 aliphatic carbocycles. The molecule has 0 saturated heterocycles. The smallest absolute Gasteiger partial charge is 0.406 e. The Morgan fingerprint density at radius 3 is 2.36 bits per heavy atom. The number of hydrogen-bond acceptors (Lipinski definition) is 5. The van der Waals surface area contributed by atoms with E-state index < -0.39 is 12.5 Å². The number of aliphatic hydroxyl groups excluding tert-OH is 1. The first-order valence-corrected chi connectivity index (χ1v) is 8.47. The highest BCUT2D eigenvalue weighted by Gasteiger charge is 2.30. The average molecular weight is 389 g/mol. The Hall–Kier alpha value is -3.13. The van der Waals surface area contributed by atoms with Gasteiger partial charge in [-0.05, 0) is 36.8 Å². The molecule has 3 rings (SSSR count). The normalized spacial score (nSPS) is 12.5. The number of ether oxygens (including phenoxy) is 1. The second-order valence-corrected chi connectivity index (χ2v) is 6.17. The molecule has 0 spiro atoms. The predicted octanol–water partition coefficient (Wildman–Crippen LogP) is 4.50. The first kappa shape index (κ1) is 19.6. The fourth-order valence-electron chi connectivity index (χ4n) is 2.55. The number of anilines is 1. The molecule has 28 heavy (non-hydrogen) atoms. The van der Waals surface area contributed by atoms with E-state index in [1.165, 1.54) is 30.6 Å². The molecule has 146 valence electrons. The lowest BCUT2D eigenvalue weighted by molar-refractivity contribution is -0.274. The van der Waals surface area contributed by atoms with E-state index in [2.05, 4.69) is 20.0 Å². The van der Waals surface area contributed by atoms with E-state index in [4.69, 9.17) is 0 Å². The zero-order valence-electron chi connectivity index (χ0n) is 14.9. The third kappa shape index (κ3) is 5.43.